The molecular weight excluding hydrogens is 284 g/mol. The molecule has 0 aromatic carbocycles. The van der Waals surface area contributed by atoms with E-state index in [1.54, 1.807) is 6.07 Å². The summed E-state index contributed by atoms with van der Waals surface area (Å²) in [6, 6.07) is 1.71. The van der Waals surface area contributed by atoms with E-state index in [0.29, 0.717) is 10.6 Å². The number of H-pyrrole nitrogens is 1. The molecule has 1 saturated carbocycles. The number of ether oxygens (including phenoxy) is 1. The maximum absolute atomic E-state index is 12.6. The topological polar surface area (TPSA) is 37.9 Å². The summed E-state index contributed by atoms with van der Waals surface area (Å²) >= 11 is 4.94. The molecule has 0 saturated heterocycles. The van der Waals surface area contributed by atoms with Gasteiger partial charge in [0.2, 0.25) is 0 Å². The quantitative estimate of drug-likeness (QED) is 0.645. The fraction of sp³-hybridized carbons (Fsp3) is 0.636. The molecule has 19 heavy (non-hydrogen) atoms. The molecule has 0 bridgehead atoms. The molecule has 1 heterocycles. The zero-order valence-electron chi connectivity index (χ0n) is 9.84. The predicted molar refractivity (Wildman–Crippen MR) is 62.0 cm³/mol. The Bertz CT molecular complexity index is 502. The zero-order chi connectivity index (χ0) is 14.0. The number of hydrogen-bond acceptors (Lipinski definition) is 3. The average Bonchev–Trinajstić information content (AvgIpc) is 3.11. The van der Waals surface area contributed by atoms with E-state index >= 15 is 0 Å². The third-order valence-corrected chi connectivity index (χ3v) is 2.89. The minimum absolute atomic E-state index is 0.277. The monoisotopic (exact) mass is 296 g/mol. The van der Waals surface area contributed by atoms with Gasteiger partial charge in [0.25, 0.3) is 0 Å². The van der Waals surface area contributed by atoms with E-state index in [-0.39, 0.29) is 12.4 Å². The molecule has 0 atom stereocenters. The molecule has 1 aliphatic carbocycles. The van der Waals surface area contributed by atoms with Crippen LogP contribution in [0.25, 0.3) is 0 Å². The van der Waals surface area contributed by atoms with Gasteiger partial charge >= 0.3 is 12.3 Å². The maximum Gasteiger partial charge on any atom is 0.330 e. The molecule has 0 unspecified atom stereocenters. The van der Waals surface area contributed by atoms with Gasteiger partial charge in [0.1, 0.15) is 23.7 Å². The van der Waals surface area contributed by atoms with Crippen molar-refractivity contribution in [3.63, 3.8) is 0 Å². The van der Waals surface area contributed by atoms with Gasteiger partial charge in [0.05, 0.1) is 0 Å². The molecule has 2 rings (SSSR count). The van der Waals surface area contributed by atoms with Crippen molar-refractivity contribution in [2.24, 2.45) is 0 Å². The minimum Gasteiger partial charge on any atom is -0.367 e. The number of alkyl halides is 4. The van der Waals surface area contributed by atoms with Crippen LogP contribution in [0.2, 0.25) is 0 Å². The van der Waals surface area contributed by atoms with Crippen LogP contribution in [0.3, 0.4) is 0 Å². The Morgan fingerprint density at radius 3 is 2.74 bits per heavy atom. The van der Waals surface area contributed by atoms with Crippen LogP contribution in [0.4, 0.5) is 17.6 Å². The van der Waals surface area contributed by atoms with Crippen molar-refractivity contribution < 1.29 is 22.3 Å². The van der Waals surface area contributed by atoms with E-state index in [0.717, 1.165) is 18.5 Å². The van der Waals surface area contributed by atoms with Crippen LogP contribution in [-0.4, -0.2) is 28.9 Å². The molecule has 106 valence electrons. The Hall–Kier alpha value is -1.02. The van der Waals surface area contributed by atoms with E-state index in [1.165, 1.54) is 0 Å². The highest BCUT2D eigenvalue weighted by Crippen LogP contribution is 2.38. The number of aromatic amines is 1. The Morgan fingerprint density at radius 1 is 1.47 bits per heavy atom. The molecule has 0 amide bonds. The third kappa shape index (κ3) is 3.97. The summed E-state index contributed by atoms with van der Waals surface area (Å²) in [5.74, 6) is -3.48. The molecule has 1 aromatic heterocycles. The van der Waals surface area contributed by atoms with Gasteiger partial charge in [-0.05, 0) is 24.8 Å². The first-order chi connectivity index (χ1) is 8.88. The van der Waals surface area contributed by atoms with Crippen molar-refractivity contribution in [3.8, 4) is 0 Å². The molecule has 3 nitrogen and oxygen atoms in total. The predicted octanol–water partition coefficient (Wildman–Crippen LogP) is 3.43. The molecule has 1 N–H and O–H groups in total. The lowest BCUT2D eigenvalue weighted by atomic mass is 10.3. The zero-order valence-corrected chi connectivity index (χ0v) is 10.7. The highest BCUT2D eigenvalue weighted by atomic mass is 32.1. The lowest BCUT2D eigenvalue weighted by Gasteiger charge is -2.15. The molecule has 1 fully saturated rings. The van der Waals surface area contributed by atoms with E-state index in [1.807, 2.05) is 0 Å². The second-order valence-corrected chi connectivity index (χ2v) is 4.87. The normalized spacial score (nSPS) is 16.1. The van der Waals surface area contributed by atoms with Crippen LogP contribution < -0.4 is 0 Å². The Labute approximate surface area is 112 Å². The van der Waals surface area contributed by atoms with Crippen LogP contribution in [0, 0.1) is 4.64 Å². The average molecular weight is 296 g/mol. The fourth-order valence-corrected chi connectivity index (χ4v) is 1.80. The van der Waals surface area contributed by atoms with Crippen molar-refractivity contribution in [2.45, 2.75) is 37.7 Å². The van der Waals surface area contributed by atoms with Gasteiger partial charge in [0.15, 0.2) is 0 Å². The second kappa shape index (κ2) is 5.54. The standard InChI is InChI=1S/C11H12F4N2OS/c12-10(13)11(14,15)5-18-4-8-16-7(6-1-2-6)3-9(19)17-8/h3,6,10H,1-2,4-5H2,(H,16,17,19). The van der Waals surface area contributed by atoms with Crippen molar-refractivity contribution in [1.29, 1.82) is 0 Å². The smallest absolute Gasteiger partial charge is 0.330 e. The highest BCUT2D eigenvalue weighted by molar-refractivity contribution is 7.71. The molecule has 1 aliphatic rings. The first-order valence-corrected chi connectivity index (χ1v) is 6.13. The van der Waals surface area contributed by atoms with Gasteiger partial charge in [-0.15, -0.1) is 0 Å². The minimum atomic E-state index is -4.15. The van der Waals surface area contributed by atoms with Crippen molar-refractivity contribution >= 4 is 12.2 Å². The highest BCUT2D eigenvalue weighted by Gasteiger charge is 2.41. The summed E-state index contributed by atoms with van der Waals surface area (Å²) in [7, 11) is 0. The van der Waals surface area contributed by atoms with Gasteiger partial charge in [-0.1, -0.05) is 12.2 Å². The summed E-state index contributed by atoms with van der Waals surface area (Å²) in [6.07, 6.45) is -1.66. The van der Waals surface area contributed by atoms with Crippen LogP contribution in [0.1, 0.15) is 30.3 Å². The Balaban J connectivity index is 1.94. The number of rotatable bonds is 6. The van der Waals surface area contributed by atoms with Gasteiger partial charge in [-0.3, -0.25) is 0 Å². The summed E-state index contributed by atoms with van der Waals surface area (Å²) in [5, 5.41) is 0. The van der Waals surface area contributed by atoms with Gasteiger partial charge in [-0.2, -0.15) is 8.78 Å². The maximum atomic E-state index is 12.6. The molecule has 0 radical (unpaired) electrons. The SMILES string of the molecule is FC(F)C(F)(F)COCc1nc(=S)cc(C2CC2)[nH]1. The van der Waals surface area contributed by atoms with E-state index in [2.05, 4.69) is 14.7 Å². The molecule has 8 heteroatoms. The fourth-order valence-electron chi connectivity index (χ4n) is 1.56. The summed E-state index contributed by atoms with van der Waals surface area (Å²) in [6.45, 7) is -1.65. The van der Waals surface area contributed by atoms with Crippen LogP contribution in [-0.2, 0) is 11.3 Å². The summed E-state index contributed by atoms with van der Waals surface area (Å²) < 4.78 is 54.0. The van der Waals surface area contributed by atoms with Crippen LogP contribution >= 0.6 is 12.2 Å². The molecule has 0 aliphatic heterocycles. The van der Waals surface area contributed by atoms with Gasteiger partial charge in [-0.25, -0.2) is 13.8 Å². The van der Waals surface area contributed by atoms with Crippen molar-refractivity contribution in [1.82, 2.24) is 9.97 Å². The van der Waals surface area contributed by atoms with E-state index < -0.39 is 19.0 Å². The largest absolute Gasteiger partial charge is 0.367 e. The molecule has 0 spiro atoms. The summed E-state index contributed by atoms with van der Waals surface area (Å²) in [4.78, 5) is 6.84. The Morgan fingerprint density at radius 2 is 2.16 bits per heavy atom. The number of hydrogen-bond donors (Lipinski definition) is 1. The summed E-state index contributed by atoms with van der Waals surface area (Å²) in [5.41, 5.74) is 0.888. The van der Waals surface area contributed by atoms with E-state index in [9.17, 15) is 17.6 Å². The Kier molecular flexibility index (Phi) is 4.19. The number of halogens is 4. The third-order valence-electron chi connectivity index (χ3n) is 2.68. The number of nitrogens with zero attached hydrogens (tertiary/aromatic N) is 1. The van der Waals surface area contributed by atoms with Crippen LogP contribution in [0.15, 0.2) is 6.07 Å². The molecular formula is C11H12F4N2OS. The number of aromatic nitrogens is 2. The van der Waals surface area contributed by atoms with Gasteiger partial charge < -0.3 is 9.72 Å². The van der Waals surface area contributed by atoms with E-state index in [4.69, 9.17) is 12.2 Å². The molecule has 1 aromatic rings. The lowest BCUT2D eigenvalue weighted by molar-refractivity contribution is -0.168. The van der Waals surface area contributed by atoms with Gasteiger partial charge in [0, 0.05) is 5.69 Å². The van der Waals surface area contributed by atoms with Crippen molar-refractivity contribution in [3.05, 3.63) is 22.2 Å². The lowest BCUT2D eigenvalue weighted by Crippen LogP contribution is -2.32. The first-order valence-electron chi connectivity index (χ1n) is 5.72. The second-order valence-electron chi connectivity index (χ2n) is 4.45. The van der Waals surface area contributed by atoms with Crippen LogP contribution in [0.5, 0.6) is 0 Å². The first kappa shape index (κ1) is 14.4. The van der Waals surface area contributed by atoms with Crippen molar-refractivity contribution in [2.75, 3.05) is 6.61 Å². The number of nitrogens with one attached hydrogen (secondary N) is 1.